The van der Waals surface area contributed by atoms with Crippen LogP contribution in [0.15, 0.2) is 0 Å². The van der Waals surface area contributed by atoms with E-state index in [2.05, 4.69) is 6.92 Å². The molecule has 0 bridgehead atoms. The van der Waals surface area contributed by atoms with Crippen LogP contribution in [-0.4, -0.2) is 20.1 Å². The molecule has 15 heavy (non-hydrogen) atoms. The van der Waals surface area contributed by atoms with Crippen molar-refractivity contribution in [3.63, 3.8) is 0 Å². The van der Waals surface area contributed by atoms with Gasteiger partial charge in [0.15, 0.2) is 0 Å². The van der Waals surface area contributed by atoms with Crippen molar-refractivity contribution in [2.45, 2.75) is 54.7 Å². The Morgan fingerprint density at radius 2 is 1.60 bits per heavy atom. The van der Waals surface area contributed by atoms with E-state index < -0.39 is 9.23 Å². The number of halogens is 3. The summed E-state index contributed by atoms with van der Waals surface area (Å²) >= 11 is 17.9. The molecule has 5 heteroatoms. The third-order valence-corrected chi connectivity index (χ3v) is 4.26. The molecule has 92 valence electrons. The summed E-state index contributed by atoms with van der Waals surface area (Å²) in [4.78, 5) is 0. The maximum absolute atomic E-state index is 9.39. The smallest absolute Gasteiger partial charge is 0.225 e. The summed E-state index contributed by atoms with van der Waals surface area (Å²) in [6.45, 7) is 2.20. The van der Waals surface area contributed by atoms with E-state index in [0.29, 0.717) is 0 Å². The monoisotopic (exact) mass is 292 g/mol. The maximum atomic E-state index is 9.39. The lowest BCUT2D eigenvalue weighted by atomic mass is 10.1. The van der Waals surface area contributed by atoms with Gasteiger partial charge in [-0.2, -0.15) is 0 Å². The summed E-state index contributed by atoms with van der Waals surface area (Å²) < 4.78 is -1.56. The summed E-state index contributed by atoms with van der Waals surface area (Å²) in [7, 11) is 0. The molecule has 0 aliphatic rings. The Balaban J connectivity index is 3.24. The lowest BCUT2D eigenvalue weighted by Gasteiger charge is -2.17. The molecule has 1 N–H and O–H groups in total. The van der Waals surface area contributed by atoms with Crippen LogP contribution < -0.4 is 0 Å². The Morgan fingerprint density at radius 1 is 1.07 bits per heavy atom. The second kappa shape index (κ2) is 9.23. The number of aliphatic hydroxyl groups excluding tert-OH is 1. The highest BCUT2D eigenvalue weighted by Crippen LogP contribution is 2.36. The number of thioether (sulfide) groups is 1. The van der Waals surface area contributed by atoms with E-state index in [4.69, 9.17) is 34.8 Å². The molecular weight excluding hydrogens is 275 g/mol. The summed E-state index contributed by atoms with van der Waals surface area (Å²) in [6.07, 6.45) is 7.41. The van der Waals surface area contributed by atoms with Crippen LogP contribution in [0.3, 0.4) is 0 Å². The largest absolute Gasteiger partial charge is 0.378 e. The SMILES string of the molecule is CCCCCCCCS[C@H](O)C(Cl)(Cl)Cl. The van der Waals surface area contributed by atoms with Crippen molar-refractivity contribution in [1.82, 2.24) is 0 Å². The van der Waals surface area contributed by atoms with Crippen molar-refractivity contribution in [3.05, 3.63) is 0 Å². The number of aliphatic hydroxyl groups is 1. The Bertz CT molecular complexity index is 150. The van der Waals surface area contributed by atoms with Crippen LogP contribution in [0.4, 0.5) is 0 Å². The highest BCUT2D eigenvalue weighted by atomic mass is 35.6. The first-order valence-electron chi connectivity index (χ1n) is 5.35. The van der Waals surface area contributed by atoms with Crippen molar-refractivity contribution in [2.75, 3.05) is 5.75 Å². The summed E-state index contributed by atoms with van der Waals surface area (Å²) in [5.41, 5.74) is -0.918. The summed E-state index contributed by atoms with van der Waals surface area (Å²) in [6, 6.07) is 0. The lowest BCUT2D eigenvalue weighted by Crippen LogP contribution is -2.21. The molecular formula is C10H19Cl3OS. The molecule has 0 fully saturated rings. The zero-order valence-electron chi connectivity index (χ0n) is 9.02. The Kier molecular flexibility index (Phi) is 9.96. The van der Waals surface area contributed by atoms with Gasteiger partial charge >= 0.3 is 0 Å². The van der Waals surface area contributed by atoms with E-state index in [1.165, 1.54) is 43.9 Å². The van der Waals surface area contributed by atoms with Gasteiger partial charge in [-0.05, 0) is 12.2 Å². The van der Waals surface area contributed by atoms with Crippen LogP contribution in [0.1, 0.15) is 45.4 Å². The fraction of sp³-hybridized carbons (Fsp3) is 1.00. The molecule has 0 aromatic heterocycles. The van der Waals surface area contributed by atoms with Gasteiger partial charge in [0.1, 0.15) is 5.44 Å². The van der Waals surface area contributed by atoms with Gasteiger partial charge in [0.05, 0.1) is 0 Å². The van der Waals surface area contributed by atoms with Crippen molar-refractivity contribution in [2.24, 2.45) is 0 Å². The molecule has 0 unspecified atom stereocenters. The van der Waals surface area contributed by atoms with Gasteiger partial charge in [0.25, 0.3) is 0 Å². The molecule has 0 amide bonds. The number of rotatable bonds is 8. The molecule has 0 heterocycles. The summed E-state index contributed by atoms with van der Waals surface area (Å²) in [5, 5.41) is 9.39. The minimum Gasteiger partial charge on any atom is -0.378 e. The third kappa shape index (κ3) is 10.1. The average Bonchev–Trinajstić information content (AvgIpc) is 2.14. The molecule has 0 rings (SSSR count). The van der Waals surface area contributed by atoms with Crippen LogP contribution in [0.2, 0.25) is 0 Å². The fourth-order valence-electron chi connectivity index (χ4n) is 1.17. The third-order valence-electron chi connectivity index (χ3n) is 2.05. The van der Waals surface area contributed by atoms with Crippen LogP contribution in [-0.2, 0) is 0 Å². The maximum Gasteiger partial charge on any atom is 0.225 e. The average molecular weight is 294 g/mol. The van der Waals surface area contributed by atoms with Crippen molar-refractivity contribution in [1.29, 1.82) is 0 Å². The number of unbranched alkanes of at least 4 members (excludes halogenated alkanes) is 5. The Hall–Kier alpha value is 1.18. The van der Waals surface area contributed by atoms with Crippen LogP contribution in [0, 0.1) is 0 Å². The van der Waals surface area contributed by atoms with Gasteiger partial charge in [0.2, 0.25) is 3.79 Å². The minimum absolute atomic E-state index is 0.848. The zero-order valence-corrected chi connectivity index (χ0v) is 12.1. The Morgan fingerprint density at radius 3 is 2.13 bits per heavy atom. The number of alkyl halides is 3. The van der Waals surface area contributed by atoms with Crippen molar-refractivity contribution >= 4 is 46.6 Å². The van der Waals surface area contributed by atoms with Gasteiger partial charge in [-0.15, -0.1) is 11.8 Å². The second-order valence-corrected chi connectivity index (χ2v) is 7.09. The van der Waals surface area contributed by atoms with E-state index in [-0.39, 0.29) is 0 Å². The first-order valence-corrected chi connectivity index (χ1v) is 7.53. The molecule has 0 aliphatic heterocycles. The van der Waals surface area contributed by atoms with Gasteiger partial charge in [-0.1, -0.05) is 73.8 Å². The van der Waals surface area contributed by atoms with Crippen molar-refractivity contribution < 1.29 is 5.11 Å². The summed E-state index contributed by atoms with van der Waals surface area (Å²) in [5.74, 6) is 0.848. The lowest BCUT2D eigenvalue weighted by molar-refractivity contribution is 0.268. The van der Waals surface area contributed by atoms with Crippen LogP contribution in [0.25, 0.3) is 0 Å². The first kappa shape index (κ1) is 16.2. The first-order chi connectivity index (χ1) is 6.98. The Labute approximate surface area is 112 Å². The molecule has 1 atom stereocenters. The second-order valence-electron chi connectivity index (χ2n) is 3.53. The number of hydrogen-bond donors (Lipinski definition) is 1. The van der Waals surface area contributed by atoms with E-state index in [1.54, 1.807) is 0 Å². The fourth-order valence-corrected chi connectivity index (χ4v) is 2.52. The predicted octanol–water partition coefficient (Wildman–Crippen LogP) is 4.77. The normalized spacial score (nSPS) is 14.2. The molecule has 0 saturated carbocycles. The molecule has 0 spiro atoms. The molecule has 0 radical (unpaired) electrons. The van der Waals surface area contributed by atoms with E-state index >= 15 is 0 Å². The number of hydrogen-bond acceptors (Lipinski definition) is 2. The molecule has 0 aliphatic carbocycles. The van der Waals surface area contributed by atoms with Crippen molar-refractivity contribution in [3.8, 4) is 0 Å². The highest BCUT2D eigenvalue weighted by molar-refractivity contribution is 8.00. The van der Waals surface area contributed by atoms with Gasteiger partial charge in [0, 0.05) is 0 Å². The standard InChI is InChI=1S/C10H19Cl3OS/c1-2-3-4-5-6-7-8-15-9(14)10(11,12)13/h9,14H,2-8H2,1H3/t9-/m0/s1. The highest BCUT2D eigenvalue weighted by Gasteiger charge is 2.30. The molecule has 0 aromatic rings. The van der Waals surface area contributed by atoms with Gasteiger partial charge in [-0.25, -0.2) is 0 Å². The van der Waals surface area contributed by atoms with E-state index in [1.807, 2.05) is 0 Å². The minimum atomic E-state index is -1.56. The quantitative estimate of drug-likeness (QED) is 0.395. The van der Waals surface area contributed by atoms with Crippen LogP contribution in [0.5, 0.6) is 0 Å². The van der Waals surface area contributed by atoms with E-state index in [0.717, 1.165) is 12.2 Å². The zero-order chi connectivity index (χ0) is 11.7. The molecule has 0 aromatic carbocycles. The topological polar surface area (TPSA) is 20.2 Å². The molecule has 1 nitrogen and oxygen atoms in total. The van der Waals surface area contributed by atoms with E-state index in [9.17, 15) is 5.11 Å². The van der Waals surface area contributed by atoms with Gasteiger partial charge in [-0.3, -0.25) is 0 Å². The van der Waals surface area contributed by atoms with Crippen LogP contribution >= 0.6 is 46.6 Å². The molecule has 0 saturated heterocycles. The predicted molar refractivity (Wildman–Crippen MR) is 72.1 cm³/mol. The van der Waals surface area contributed by atoms with Gasteiger partial charge < -0.3 is 5.11 Å².